The Morgan fingerprint density at radius 1 is 1.24 bits per heavy atom. The van der Waals surface area contributed by atoms with E-state index in [1.807, 2.05) is 0 Å². The molecule has 0 aliphatic heterocycles. The zero-order valence-electron chi connectivity index (χ0n) is 12.1. The number of aromatic carboxylic acids is 1. The predicted octanol–water partition coefficient (Wildman–Crippen LogP) is 2.93. The second-order valence-electron chi connectivity index (χ2n) is 5.39. The number of rotatable bonds is 6. The third-order valence-corrected chi connectivity index (χ3v) is 3.69. The Bertz CT molecular complexity index is 549. The first-order valence-corrected chi connectivity index (χ1v) is 7.42. The maximum atomic E-state index is 11.9. The number of nitrogens with one attached hydrogen (secondary N) is 1. The molecule has 0 atom stereocenters. The van der Waals surface area contributed by atoms with Crippen LogP contribution in [0.5, 0.6) is 0 Å². The number of amides is 1. The molecule has 1 amide bonds. The van der Waals surface area contributed by atoms with E-state index >= 15 is 0 Å². The standard InChI is InChI=1S/C17H21NO3/c19-16(18-10-9-13-5-2-1-3-6-13)12-14-7-4-8-15(11-14)17(20)21/h4-5,7-8,11H,1-3,6,9-10,12H2,(H,18,19)(H,20,21). The number of carboxylic acids is 1. The van der Waals surface area contributed by atoms with Gasteiger partial charge in [-0.1, -0.05) is 23.8 Å². The Morgan fingerprint density at radius 2 is 2.10 bits per heavy atom. The number of carbonyl (C=O) groups excluding carboxylic acids is 1. The first-order chi connectivity index (χ1) is 10.1. The summed E-state index contributed by atoms with van der Waals surface area (Å²) in [4.78, 5) is 22.7. The quantitative estimate of drug-likeness (QED) is 0.791. The fourth-order valence-corrected chi connectivity index (χ4v) is 2.56. The van der Waals surface area contributed by atoms with Crippen molar-refractivity contribution in [2.24, 2.45) is 0 Å². The van der Waals surface area contributed by atoms with E-state index in [9.17, 15) is 9.59 Å². The Morgan fingerprint density at radius 3 is 2.81 bits per heavy atom. The molecule has 4 nitrogen and oxygen atoms in total. The minimum atomic E-state index is -0.971. The lowest BCUT2D eigenvalue weighted by Gasteiger charge is -2.13. The zero-order chi connectivity index (χ0) is 15.1. The molecule has 0 fully saturated rings. The van der Waals surface area contributed by atoms with Crippen molar-refractivity contribution >= 4 is 11.9 Å². The van der Waals surface area contributed by atoms with Gasteiger partial charge in [0.05, 0.1) is 12.0 Å². The molecule has 0 radical (unpaired) electrons. The van der Waals surface area contributed by atoms with Crippen LogP contribution in [0.1, 0.15) is 48.0 Å². The zero-order valence-corrected chi connectivity index (χ0v) is 12.1. The summed E-state index contributed by atoms with van der Waals surface area (Å²) >= 11 is 0. The summed E-state index contributed by atoms with van der Waals surface area (Å²) in [5.74, 6) is -1.03. The van der Waals surface area contributed by atoms with E-state index in [4.69, 9.17) is 5.11 Å². The molecule has 4 heteroatoms. The lowest BCUT2D eigenvalue weighted by atomic mass is 9.97. The van der Waals surface area contributed by atoms with Gasteiger partial charge in [0.1, 0.15) is 0 Å². The van der Waals surface area contributed by atoms with Gasteiger partial charge < -0.3 is 10.4 Å². The van der Waals surface area contributed by atoms with Crippen molar-refractivity contribution in [3.8, 4) is 0 Å². The molecule has 2 N–H and O–H groups in total. The van der Waals surface area contributed by atoms with E-state index < -0.39 is 5.97 Å². The van der Waals surface area contributed by atoms with Crippen molar-refractivity contribution in [1.29, 1.82) is 0 Å². The van der Waals surface area contributed by atoms with Crippen LogP contribution in [0.2, 0.25) is 0 Å². The molecule has 0 saturated heterocycles. The third-order valence-electron chi connectivity index (χ3n) is 3.69. The summed E-state index contributed by atoms with van der Waals surface area (Å²) in [5.41, 5.74) is 2.38. The lowest BCUT2D eigenvalue weighted by Crippen LogP contribution is -2.26. The SMILES string of the molecule is O=C(Cc1cccc(C(=O)O)c1)NCCC1=CCCCC1. The molecule has 0 bridgehead atoms. The second-order valence-corrected chi connectivity index (χ2v) is 5.39. The predicted molar refractivity (Wildman–Crippen MR) is 81.3 cm³/mol. The Labute approximate surface area is 124 Å². The van der Waals surface area contributed by atoms with Gasteiger partial charge in [0.2, 0.25) is 5.91 Å². The molecular formula is C17H21NO3. The molecule has 0 saturated carbocycles. The third kappa shape index (κ3) is 5.06. The van der Waals surface area contributed by atoms with Crippen LogP contribution in [0.15, 0.2) is 35.9 Å². The van der Waals surface area contributed by atoms with Gasteiger partial charge in [-0.3, -0.25) is 4.79 Å². The highest BCUT2D eigenvalue weighted by molar-refractivity contribution is 5.88. The normalized spacial score (nSPS) is 14.4. The number of benzene rings is 1. The monoisotopic (exact) mass is 287 g/mol. The van der Waals surface area contributed by atoms with Crippen LogP contribution in [-0.4, -0.2) is 23.5 Å². The van der Waals surface area contributed by atoms with Crippen LogP contribution in [0.3, 0.4) is 0 Å². The molecule has 0 unspecified atom stereocenters. The molecule has 112 valence electrons. The van der Waals surface area contributed by atoms with Crippen molar-refractivity contribution in [3.63, 3.8) is 0 Å². The largest absolute Gasteiger partial charge is 0.478 e. The summed E-state index contributed by atoms with van der Waals surface area (Å²) in [6, 6.07) is 6.51. The highest BCUT2D eigenvalue weighted by atomic mass is 16.4. The van der Waals surface area contributed by atoms with E-state index in [2.05, 4.69) is 11.4 Å². The molecule has 1 aromatic rings. The molecule has 1 aromatic carbocycles. The topological polar surface area (TPSA) is 66.4 Å². The highest BCUT2D eigenvalue weighted by Crippen LogP contribution is 2.19. The minimum Gasteiger partial charge on any atom is -0.478 e. The van der Waals surface area contributed by atoms with Crippen LogP contribution in [-0.2, 0) is 11.2 Å². The van der Waals surface area contributed by atoms with Gasteiger partial charge in [-0.2, -0.15) is 0 Å². The van der Waals surface area contributed by atoms with Crippen molar-refractivity contribution in [1.82, 2.24) is 5.32 Å². The second kappa shape index (κ2) is 7.62. The van der Waals surface area contributed by atoms with Gasteiger partial charge in [0, 0.05) is 6.54 Å². The summed E-state index contributed by atoms with van der Waals surface area (Å²) in [5, 5.41) is 11.8. The van der Waals surface area contributed by atoms with Gasteiger partial charge >= 0.3 is 5.97 Å². The lowest BCUT2D eigenvalue weighted by molar-refractivity contribution is -0.120. The highest BCUT2D eigenvalue weighted by Gasteiger charge is 2.08. The Balaban J connectivity index is 1.77. The van der Waals surface area contributed by atoms with E-state index in [0.717, 1.165) is 24.8 Å². The molecule has 0 spiro atoms. The number of hydrogen-bond donors (Lipinski definition) is 2. The first kappa shape index (κ1) is 15.3. The molecule has 1 aliphatic carbocycles. The summed E-state index contributed by atoms with van der Waals surface area (Å²) < 4.78 is 0. The number of carboxylic acid groups (broad SMARTS) is 1. The van der Waals surface area contributed by atoms with Gasteiger partial charge in [0.25, 0.3) is 0 Å². The average molecular weight is 287 g/mol. The van der Waals surface area contributed by atoms with E-state index in [1.54, 1.807) is 18.2 Å². The van der Waals surface area contributed by atoms with Gasteiger partial charge in [-0.25, -0.2) is 4.79 Å². The van der Waals surface area contributed by atoms with Gasteiger partial charge in [-0.15, -0.1) is 0 Å². The van der Waals surface area contributed by atoms with Crippen LogP contribution in [0, 0.1) is 0 Å². The maximum Gasteiger partial charge on any atom is 0.335 e. The number of carbonyl (C=O) groups is 2. The molecule has 0 aromatic heterocycles. The summed E-state index contributed by atoms with van der Waals surface area (Å²) in [6.45, 7) is 0.656. The van der Waals surface area contributed by atoms with Crippen LogP contribution >= 0.6 is 0 Å². The van der Waals surface area contributed by atoms with Crippen molar-refractivity contribution < 1.29 is 14.7 Å². The Hall–Kier alpha value is -2.10. The van der Waals surface area contributed by atoms with E-state index in [-0.39, 0.29) is 17.9 Å². The van der Waals surface area contributed by atoms with Crippen molar-refractivity contribution in [3.05, 3.63) is 47.0 Å². The Kier molecular flexibility index (Phi) is 5.55. The number of hydrogen-bond acceptors (Lipinski definition) is 2. The van der Waals surface area contributed by atoms with Gasteiger partial charge in [0.15, 0.2) is 0 Å². The van der Waals surface area contributed by atoms with Crippen molar-refractivity contribution in [2.45, 2.75) is 38.5 Å². The van der Waals surface area contributed by atoms with E-state index in [0.29, 0.717) is 6.54 Å². The summed E-state index contributed by atoms with van der Waals surface area (Å²) in [6.07, 6.45) is 8.26. The van der Waals surface area contributed by atoms with E-state index in [1.165, 1.54) is 24.5 Å². The molecule has 1 aliphatic rings. The fourth-order valence-electron chi connectivity index (χ4n) is 2.56. The van der Waals surface area contributed by atoms with Crippen LogP contribution in [0.25, 0.3) is 0 Å². The molecule has 21 heavy (non-hydrogen) atoms. The molecule has 2 rings (SSSR count). The van der Waals surface area contributed by atoms with Crippen molar-refractivity contribution in [2.75, 3.05) is 6.54 Å². The van der Waals surface area contributed by atoms with Crippen LogP contribution in [0.4, 0.5) is 0 Å². The molecular weight excluding hydrogens is 266 g/mol. The number of allylic oxidation sites excluding steroid dienone is 1. The maximum absolute atomic E-state index is 11.9. The smallest absolute Gasteiger partial charge is 0.335 e. The van der Waals surface area contributed by atoms with Crippen LogP contribution < -0.4 is 5.32 Å². The molecule has 0 heterocycles. The summed E-state index contributed by atoms with van der Waals surface area (Å²) in [7, 11) is 0. The minimum absolute atomic E-state index is 0.0612. The fraction of sp³-hybridized carbons (Fsp3) is 0.412. The average Bonchev–Trinajstić information content (AvgIpc) is 2.48. The van der Waals surface area contributed by atoms with Gasteiger partial charge in [-0.05, 0) is 49.8 Å². The first-order valence-electron chi connectivity index (χ1n) is 7.42.